The summed E-state index contributed by atoms with van der Waals surface area (Å²) in [6, 6.07) is 20.4. The molecule has 0 spiro atoms. The highest BCUT2D eigenvalue weighted by Crippen LogP contribution is 2.26. The van der Waals surface area contributed by atoms with Crippen LogP contribution in [-0.2, 0) is 16.6 Å². The fraction of sp³-hybridized carbons (Fsp3) is 0.259. The van der Waals surface area contributed by atoms with Gasteiger partial charge in [0.15, 0.2) is 6.61 Å². The van der Waals surface area contributed by atoms with Crippen LogP contribution in [0.15, 0.2) is 71.2 Å². The summed E-state index contributed by atoms with van der Waals surface area (Å²) >= 11 is 3.47. The summed E-state index contributed by atoms with van der Waals surface area (Å²) in [4.78, 5) is 25.0. The first-order chi connectivity index (χ1) is 15.7. The zero-order valence-electron chi connectivity index (χ0n) is 19.4. The number of carbonyl (C=O) groups excluding carboxylic acids is 2. The van der Waals surface area contributed by atoms with Gasteiger partial charge in [0.05, 0.1) is 4.47 Å². The van der Waals surface area contributed by atoms with Gasteiger partial charge in [0.25, 0.3) is 11.8 Å². The third-order valence-electron chi connectivity index (χ3n) is 5.18. The zero-order chi connectivity index (χ0) is 24.0. The van der Waals surface area contributed by atoms with E-state index in [0.29, 0.717) is 22.7 Å². The number of ether oxygens (including phenoxy) is 1. The number of anilines is 2. The third-order valence-corrected chi connectivity index (χ3v) is 5.80. The molecule has 3 aromatic rings. The van der Waals surface area contributed by atoms with Crippen molar-refractivity contribution in [1.82, 2.24) is 0 Å². The van der Waals surface area contributed by atoms with Gasteiger partial charge >= 0.3 is 0 Å². The largest absolute Gasteiger partial charge is 0.483 e. The summed E-state index contributed by atoms with van der Waals surface area (Å²) in [6.07, 6.45) is 0.925. The van der Waals surface area contributed by atoms with Crippen LogP contribution >= 0.6 is 15.9 Å². The number of benzene rings is 3. The van der Waals surface area contributed by atoms with Crippen LogP contribution < -0.4 is 15.4 Å². The number of aryl methyl sites for hydroxylation is 1. The van der Waals surface area contributed by atoms with E-state index in [1.807, 2.05) is 42.5 Å². The van der Waals surface area contributed by atoms with E-state index >= 15 is 0 Å². The van der Waals surface area contributed by atoms with Crippen LogP contribution in [0.2, 0.25) is 0 Å². The van der Waals surface area contributed by atoms with Gasteiger partial charge in [-0.3, -0.25) is 9.59 Å². The Kier molecular flexibility index (Phi) is 7.92. The van der Waals surface area contributed by atoms with Gasteiger partial charge < -0.3 is 15.4 Å². The molecule has 172 valence electrons. The molecular weight excluding hydrogens is 480 g/mol. The van der Waals surface area contributed by atoms with Crippen molar-refractivity contribution in [3.8, 4) is 5.75 Å². The van der Waals surface area contributed by atoms with Gasteiger partial charge in [0.2, 0.25) is 0 Å². The molecule has 0 heterocycles. The molecule has 0 unspecified atom stereocenters. The first kappa shape index (κ1) is 24.5. The topological polar surface area (TPSA) is 67.4 Å². The Bertz CT molecular complexity index is 1130. The molecule has 0 bridgehead atoms. The number of amides is 2. The quantitative estimate of drug-likeness (QED) is 0.378. The van der Waals surface area contributed by atoms with Gasteiger partial charge in [0.1, 0.15) is 5.75 Å². The van der Waals surface area contributed by atoms with Crippen molar-refractivity contribution >= 4 is 39.1 Å². The molecule has 5 nitrogen and oxygen atoms in total. The summed E-state index contributed by atoms with van der Waals surface area (Å²) < 4.78 is 6.44. The SMILES string of the molecule is CCc1ccc(OCC(=O)Nc2cccc(NC(=O)c3ccc(C(C)(C)C)cc3)c2)c(Br)c1. The van der Waals surface area contributed by atoms with Crippen LogP contribution in [0.1, 0.15) is 49.2 Å². The summed E-state index contributed by atoms with van der Waals surface area (Å²) in [7, 11) is 0. The van der Waals surface area contributed by atoms with E-state index in [0.717, 1.165) is 10.9 Å². The predicted octanol–water partition coefficient (Wildman–Crippen LogP) is 6.58. The number of hydrogen-bond donors (Lipinski definition) is 2. The number of carbonyl (C=O) groups is 2. The monoisotopic (exact) mass is 508 g/mol. The Morgan fingerprint density at radius 2 is 1.58 bits per heavy atom. The molecule has 33 heavy (non-hydrogen) atoms. The van der Waals surface area contributed by atoms with Gasteiger partial charge in [-0.25, -0.2) is 0 Å². The molecule has 2 amide bonds. The maximum absolute atomic E-state index is 12.6. The van der Waals surface area contributed by atoms with Crippen LogP contribution in [0.5, 0.6) is 5.75 Å². The van der Waals surface area contributed by atoms with E-state index in [4.69, 9.17) is 4.74 Å². The first-order valence-corrected chi connectivity index (χ1v) is 11.7. The predicted molar refractivity (Wildman–Crippen MR) is 137 cm³/mol. The van der Waals surface area contributed by atoms with Crippen molar-refractivity contribution in [2.45, 2.75) is 39.5 Å². The van der Waals surface area contributed by atoms with Crippen molar-refractivity contribution < 1.29 is 14.3 Å². The Labute approximate surface area is 203 Å². The van der Waals surface area contributed by atoms with Crippen LogP contribution in [-0.4, -0.2) is 18.4 Å². The molecule has 0 saturated carbocycles. The van der Waals surface area contributed by atoms with Crippen LogP contribution in [0, 0.1) is 0 Å². The van der Waals surface area contributed by atoms with E-state index in [9.17, 15) is 9.59 Å². The van der Waals surface area contributed by atoms with Gasteiger partial charge in [-0.1, -0.05) is 52.0 Å². The molecule has 3 aromatic carbocycles. The molecule has 0 saturated heterocycles. The molecule has 6 heteroatoms. The van der Waals surface area contributed by atoms with Crippen LogP contribution in [0.4, 0.5) is 11.4 Å². The highest BCUT2D eigenvalue weighted by molar-refractivity contribution is 9.10. The average molecular weight is 509 g/mol. The molecule has 0 aliphatic rings. The Morgan fingerprint density at radius 3 is 2.18 bits per heavy atom. The smallest absolute Gasteiger partial charge is 0.262 e. The summed E-state index contributed by atoms with van der Waals surface area (Å²) in [6.45, 7) is 8.35. The number of hydrogen-bond acceptors (Lipinski definition) is 3. The van der Waals surface area contributed by atoms with E-state index in [1.165, 1.54) is 11.1 Å². The Hall–Kier alpha value is -3.12. The van der Waals surface area contributed by atoms with Gasteiger partial charge in [-0.05, 0) is 81.4 Å². The third kappa shape index (κ3) is 6.93. The molecule has 0 fully saturated rings. The van der Waals surface area contributed by atoms with Gasteiger partial charge in [-0.15, -0.1) is 0 Å². The summed E-state index contributed by atoms with van der Waals surface area (Å²) in [5.41, 5.74) is 4.12. The minimum absolute atomic E-state index is 0.0281. The summed E-state index contributed by atoms with van der Waals surface area (Å²) in [5, 5.41) is 5.68. The number of rotatable bonds is 7. The highest BCUT2D eigenvalue weighted by Gasteiger charge is 2.14. The lowest BCUT2D eigenvalue weighted by atomic mass is 9.87. The van der Waals surface area contributed by atoms with Crippen LogP contribution in [0.3, 0.4) is 0 Å². The lowest BCUT2D eigenvalue weighted by Gasteiger charge is -2.19. The number of nitrogens with one attached hydrogen (secondary N) is 2. The van der Waals surface area contributed by atoms with Gasteiger partial charge in [-0.2, -0.15) is 0 Å². The molecular formula is C27H29BrN2O3. The Morgan fingerprint density at radius 1 is 0.909 bits per heavy atom. The minimum atomic E-state index is -0.289. The second-order valence-electron chi connectivity index (χ2n) is 8.82. The van der Waals surface area contributed by atoms with E-state index in [-0.39, 0.29) is 23.8 Å². The molecule has 0 radical (unpaired) electrons. The summed E-state index contributed by atoms with van der Waals surface area (Å²) in [5.74, 6) is 0.117. The average Bonchev–Trinajstić information content (AvgIpc) is 2.78. The molecule has 0 aliphatic carbocycles. The minimum Gasteiger partial charge on any atom is -0.483 e. The second-order valence-corrected chi connectivity index (χ2v) is 9.67. The fourth-order valence-corrected chi connectivity index (χ4v) is 3.76. The van der Waals surface area contributed by atoms with Crippen molar-refractivity contribution in [2.75, 3.05) is 17.2 Å². The van der Waals surface area contributed by atoms with Crippen molar-refractivity contribution in [3.05, 3.63) is 87.9 Å². The Balaban J connectivity index is 1.58. The number of halogens is 1. The normalized spacial score (nSPS) is 11.1. The standard InChI is InChI=1S/C27H29BrN2O3/c1-5-18-9-14-24(23(28)15-18)33-17-25(31)29-21-7-6-8-22(16-21)30-26(32)19-10-12-20(13-11-19)27(2,3)4/h6-16H,5,17H2,1-4H3,(H,29,31)(H,30,32). The van der Waals surface area contributed by atoms with E-state index < -0.39 is 0 Å². The second kappa shape index (κ2) is 10.7. The van der Waals surface area contributed by atoms with E-state index in [2.05, 4.69) is 54.3 Å². The molecule has 3 rings (SSSR count). The highest BCUT2D eigenvalue weighted by atomic mass is 79.9. The molecule has 0 aromatic heterocycles. The maximum Gasteiger partial charge on any atom is 0.262 e. The van der Waals surface area contributed by atoms with Crippen molar-refractivity contribution in [3.63, 3.8) is 0 Å². The van der Waals surface area contributed by atoms with Crippen molar-refractivity contribution in [2.24, 2.45) is 0 Å². The lowest BCUT2D eigenvalue weighted by molar-refractivity contribution is -0.118. The van der Waals surface area contributed by atoms with Crippen molar-refractivity contribution in [1.29, 1.82) is 0 Å². The van der Waals surface area contributed by atoms with Crippen LogP contribution in [0.25, 0.3) is 0 Å². The molecule has 2 N–H and O–H groups in total. The molecule has 0 aliphatic heterocycles. The van der Waals surface area contributed by atoms with E-state index in [1.54, 1.807) is 24.3 Å². The maximum atomic E-state index is 12.6. The lowest BCUT2D eigenvalue weighted by Crippen LogP contribution is -2.20. The fourth-order valence-electron chi connectivity index (χ4n) is 3.22. The zero-order valence-corrected chi connectivity index (χ0v) is 21.0. The first-order valence-electron chi connectivity index (χ1n) is 10.9. The van der Waals surface area contributed by atoms with Gasteiger partial charge in [0, 0.05) is 16.9 Å². The molecule has 0 atom stereocenters.